The Morgan fingerprint density at radius 2 is 1.95 bits per heavy atom. The zero-order valence-electron chi connectivity index (χ0n) is 20.6. The number of nitrogens with one attached hydrogen (secondary N) is 1. The molecule has 2 fully saturated rings. The molecule has 6 rings (SSSR count). The van der Waals surface area contributed by atoms with Gasteiger partial charge in [0, 0.05) is 19.1 Å². The topological polar surface area (TPSA) is 111 Å². The summed E-state index contributed by atoms with van der Waals surface area (Å²) in [4.78, 5) is 15.6. The fraction of sp³-hybridized carbons (Fsp3) is 0.500. The molecule has 10 nitrogen and oxygen atoms in total. The van der Waals surface area contributed by atoms with Crippen LogP contribution >= 0.6 is 0 Å². The van der Waals surface area contributed by atoms with Crippen molar-refractivity contribution in [1.82, 2.24) is 34.0 Å². The van der Waals surface area contributed by atoms with Gasteiger partial charge in [-0.25, -0.2) is 27.7 Å². The van der Waals surface area contributed by atoms with Crippen molar-refractivity contribution >= 4 is 28.4 Å². The minimum absolute atomic E-state index is 0.0899. The summed E-state index contributed by atoms with van der Waals surface area (Å²) in [7, 11) is 0. The second-order valence-electron chi connectivity index (χ2n) is 10.1. The molecule has 0 unspecified atom stereocenters. The smallest absolute Gasteiger partial charge is 0.256 e. The number of aryl methyl sites for hydroxylation is 1. The number of nitrogens with two attached hydrogens (primary N) is 1. The number of halogens is 3. The number of nitrogens with zero attached hydrogens (tertiary/aromatic N) is 7. The highest BCUT2D eigenvalue weighted by Crippen LogP contribution is 2.33. The van der Waals surface area contributed by atoms with E-state index in [1.54, 1.807) is 19.1 Å². The van der Waals surface area contributed by atoms with Crippen molar-refractivity contribution in [3.8, 4) is 11.3 Å². The number of hydrogen-bond acceptors (Lipinski definition) is 8. The van der Waals surface area contributed by atoms with Gasteiger partial charge in [-0.3, -0.25) is 4.90 Å². The first kappa shape index (κ1) is 23.9. The Kier molecular flexibility index (Phi) is 5.71. The number of aromatic nitrogens is 6. The van der Waals surface area contributed by atoms with E-state index in [4.69, 9.17) is 10.5 Å². The van der Waals surface area contributed by atoms with Gasteiger partial charge in [0.2, 0.25) is 5.95 Å². The highest BCUT2D eigenvalue weighted by atomic mass is 19.3. The molecule has 0 amide bonds. The molecule has 4 aromatic heterocycles. The van der Waals surface area contributed by atoms with E-state index < -0.39 is 18.8 Å². The first-order valence-corrected chi connectivity index (χ1v) is 12.3. The number of piperidine rings is 1. The normalized spacial score (nSPS) is 18.6. The third-order valence-electron chi connectivity index (χ3n) is 7.39. The van der Waals surface area contributed by atoms with Crippen LogP contribution in [0.25, 0.3) is 27.9 Å². The van der Waals surface area contributed by atoms with Crippen LogP contribution in [0, 0.1) is 12.7 Å². The highest BCUT2D eigenvalue weighted by Gasteiger charge is 2.40. The molecule has 37 heavy (non-hydrogen) atoms. The maximum absolute atomic E-state index is 15.2. The lowest BCUT2D eigenvalue weighted by molar-refractivity contribution is -0.135. The van der Waals surface area contributed by atoms with Crippen LogP contribution in [0.2, 0.25) is 0 Å². The molecule has 0 aliphatic carbocycles. The van der Waals surface area contributed by atoms with E-state index in [1.807, 2.05) is 0 Å². The average Bonchev–Trinajstić information content (AvgIpc) is 3.33. The Morgan fingerprint density at radius 1 is 1.19 bits per heavy atom. The number of likely N-dealkylation sites (tertiary alicyclic amines) is 1. The third kappa shape index (κ3) is 4.15. The molecule has 2 aliphatic heterocycles. The zero-order chi connectivity index (χ0) is 25.9. The van der Waals surface area contributed by atoms with Gasteiger partial charge in [-0.1, -0.05) is 0 Å². The molecule has 0 bridgehead atoms. The number of ether oxygens (including phenoxy) is 1. The van der Waals surface area contributed by atoms with Crippen LogP contribution in [0.4, 0.5) is 24.9 Å². The second kappa shape index (κ2) is 8.84. The summed E-state index contributed by atoms with van der Waals surface area (Å²) in [6, 6.07) is 3.39. The first-order chi connectivity index (χ1) is 17.7. The van der Waals surface area contributed by atoms with Gasteiger partial charge >= 0.3 is 0 Å². The summed E-state index contributed by atoms with van der Waals surface area (Å²) in [5.41, 5.74) is 7.72. The Hall–Kier alpha value is -3.45. The van der Waals surface area contributed by atoms with Crippen LogP contribution in [-0.4, -0.2) is 78.3 Å². The largest absolute Gasteiger partial charge is 0.382 e. The van der Waals surface area contributed by atoms with Gasteiger partial charge in [0.05, 0.1) is 42.8 Å². The van der Waals surface area contributed by atoms with Crippen LogP contribution in [0.1, 0.15) is 25.6 Å². The lowest BCUT2D eigenvalue weighted by Crippen LogP contribution is -2.62. The number of anilines is 2. The van der Waals surface area contributed by atoms with Crippen molar-refractivity contribution in [3.05, 3.63) is 30.0 Å². The number of hydrogen-bond donors (Lipinski definition) is 2. The Bertz CT molecular complexity index is 1470. The molecule has 196 valence electrons. The maximum Gasteiger partial charge on any atom is 0.256 e. The van der Waals surface area contributed by atoms with Crippen molar-refractivity contribution in [2.45, 2.75) is 51.2 Å². The van der Waals surface area contributed by atoms with Gasteiger partial charge in [-0.05, 0) is 38.8 Å². The van der Waals surface area contributed by atoms with Crippen molar-refractivity contribution in [2.75, 3.05) is 37.4 Å². The van der Waals surface area contributed by atoms with Gasteiger partial charge in [-0.2, -0.15) is 4.98 Å². The lowest BCUT2D eigenvalue weighted by atomic mass is 9.93. The summed E-state index contributed by atoms with van der Waals surface area (Å²) >= 11 is 0. The average molecular weight is 516 g/mol. The molecule has 0 radical (unpaired) electrons. The molecular formula is C24H28F3N9O. The number of rotatable bonds is 6. The summed E-state index contributed by atoms with van der Waals surface area (Å²) in [5, 5.41) is 7.79. The second-order valence-corrected chi connectivity index (χ2v) is 10.1. The molecule has 0 spiro atoms. The van der Waals surface area contributed by atoms with E-state index in [0.29, 0.717) is 17.3 Å². The van der Waals surface area contributed by atoms with Crippen LogP contribution in [0.3, 0.4) is 0 Å². The SMILES string of the molecule is Cc1nc2ccc(-c3c(F)cn4nc(NC5CCN(C6(C)COC6)CC5)nc(N)c34)nc2n1CC(F)F. The van der Waals surface area contributed by atoms with Gasteiger partial charge in [-0.15, -0.1) is 5.10 Å². The molecular weight excluding hydrogens is 487 g/mol. The molecule has 4 aromatic rings. The quantitative estimate of drug-likeness (QED) is 0.403. The molecule has 3 N–H and O–H groups in total. The summed E-state index contributed by atoms with van der Waals surface area (Å²) in [5.74, 6) is 0.219. The predicted octanol–water partition coefficient (Wildman–Crippen LogP) is 3.10. The fourth-order valence-corrected chi connectivity index (χ4v) is 5.32. The van der Waals surface area contributed by atoms with Gasteiger partial charge in [0.1, 0.15) is 16.9 Å². The zero-order valence-corrected chi connectivity index (χ0v) is 20.6. The minimum atomic E-state index is -2.58. The van der Waals surface area contributed by atoms with Gasteiger partial charge in [0.15, 0.2) is 17.3 Å². The predicted molar refractivity (Wildman–Crippen MR) is 132 cm³/mol. The van der Waals surface area contributed by atoms with E-state index in [2.05, 4.69) is 37.2 Å². The molecule has 0 atom stereocenters. The van der Waals surface area contributed by atoms with Crippen LogP contribution in [0.5, 0.6) is 0 Å². The molecule has 6 heterocycles. The maximum atomic E-state index is 15.2. The standard InChI is InChI=1S/C24H28F3N9O/c1-13-29-17-4-3-16(31-22(17)35(13)10-18(26)27)19-15(25)9-36-20(19)21(28)32-23(33-36)30-14-5-7-34(8-6-14)24(2)11-37-12-24/h3-4,9,14,18H,5-8,10-12H2,1-2H3,(H3,28,30,32,33). The molecule has 0 aromatic carbocycles. The third-order valence-corrected chi connectivity index (χ3v) is 7.39. The summed E-state index contributed by atoms with van der Waals surface area (Å²) in [6.45, 7) is 6.70. The number of fused-ring (bicyclic) bond motifs is 2. The van der Waals surface area contributed by atoms with E-state index in [0.717, 1.165) is 39.1 Å². The molecule has 2 saturated heterocycles. The number of imidazole rings is 1. The molecule has 13 heteroatoms. The summed E-state index contributed by atoms with van der Waals surface area (Å²) in [6.07, 6.45) is 0.475. The summed E-state index contributed by atoms with van der Waals surface area (Å²) < 4.78 is 49.5. The van der Waals surface area contributed by atoms with E-state index in [-0.39, 0.29) is 39.8 Å². The van der Waals surface area contributed by atoms with Crippen molar-refractivity contribution in [2.24, 2.45) is 0 Å². The number of alkyl halides is 2. The van der Waals surface area contributed by atoms with Gasteiger partial charge in [0.25, 0.3) is 6.43 Å². The molecule has 0 saturated carbocycles. The van der Waals surface area contributed by atoms with Crippen LogP contribution in [0.15, 0.2) is 18.3 Å². The minimum Gasteiger partial charge on any atom is -0.382 e. The Balaban J connectivity index is 1.28. The Morgan fingerprint density at radius 3 is 2.62 bits per heavy atom. The Labute approximate surface area is 210 Å². The van der Waals surface area contributed by atoms with Crippen LogP contribution < -0.4 is 11.1 Å². The van der Waals surface area contributed by atoms with E-state index in [9.17, 15) is 8.78 Å². The van der Waals surface area contributed by atoms with Crippen molar-refractivity contribution in [3.63, 3.8) is 0 Å². The fourth-order valence-electron chi connectivity index (χ4n) is 5.32. The first-order valence-electron chi connectivity index (χ1n) is 12.3. The van der Waals surface area contributed by atoms with Crippen LogP contribution in [-0.2, 0) is 11.3 Å². The van der Waals surface area contributed by atoms with E-state index in [1.165, 1.54) is 15.3 Å². The van der Waals surface area contributed by atoms with Crippen molar-refractivity contribution in [1.29, 1.82) is 0 Å². The van der Waals surface area contributed by atoms with Crippen molar-refractivity contribution < 1.29 is 17.9 Å². The van der Waals surface area contributed by atoms with E-state index >= 15 is 4.39 Å². The van der Waals surface area contributed by atoms with Gasteiger partial charge < -0.3 is 20.4 Å². The highest BCUT2D eigenvalue weighted by molar-refractivity contribution is 5.89. The molecule has 2 aliphatic rings. The number of pyridine rings is 1. The lowest BCUT2D eigenvalue weighted by Gasteiger charge is -2.49. The number of nitrogen functional groups attached to an aromatic ring is 1. The monoisotopic (exact) mass is 515 g/mol.